The summed E-state index contributed by atoms with van der Waals surface area (Å²) < 4.78 is 8.88. The van der Waals surface area contributed by atoms with E-state index >= 15 is 0 Å². The van der Waals surface area contributed by atoms with E-state index in [-0.39, 0.29) is 0 Å². The van der Waals surface area contributed by atoms with Crippen LogP contribution in [0.15, 0.2) is 24.3 Å². The predicted octanol–water partition coefficient (Wildman–Crippen LogP) is 0.944. The molecule has 4 nitrogen and oxygen atoms in total. The number of phosphoric acid groups is 1. The first-order valence-electron chi connectivity index (χ1n) is 3.04. The van der Waals surface area contributed by atoms with Crippen LogP contribution >= 0.6 is 20.0 Å². The van der Waals surface area contributed by atoms with Gasteiger partial charge < -0.3 is 14.7 Å². The molecule has 12 heavy (non-hydrogen) atoms. The molecule has 0 aromatic rings. The zero-order valence-corrected chi connectivity index (χ0v) is 7.83. The lowest BCUT2D eigenvalue weighted by molar-refractivity contribution is 0.275. The standard InChI is InChI=1S/C6H6S.H3O4P/c7-6-4-2-1-3-5-6;1-5(2,3)4/h1-4H,5H2;(H3,1,2,3,4). The van der Waals surface area contributed by atoms with Crippen LogP contribution in [0.1, 0.15) is 6.42 Å². The van der Waals surface area contributed by atoms with Crippen LogP contribution in [0.5, 0.6) is 0 Å². The quantitative estimate of drug-likeness (QED) is 0.408. The highest BCUT2D eigenvalue weighted by Gasteiger charge is 2.00. The molecule has 0 heterocycles. The van der Waals surface area contributed by atoms with Crippen LogP contribution in [-0.4, -0.2) is 19.5 Å². The Hall–Kier alpha value is -0.320. The van der Waals surface area contributed by atoms with Gasteiger partial charge in [0.25, 0.3) is 0 Å². The van der Waals surface area contributed by atoms with E-state index in [0.717, 1.165) is 11.3 Å². The highest BCUT2D eigenvalue weighted by atomic mass is 32.1. The molecule has 1 aliphatic rings. The predicted molar refractivity (Wildman–Crippen MR) is 49.8 cm³/mol. The molecule has 1 rings (SSSR count). The van der Waals surface area contributed by atoms with Crippen LogP contribution in [0.2, 0.25) is 0 Å². The molecule has 0 aliphatic heterocycles. The number of hydrogen-bond donors (Lipinski definition) is 3. The smallest absolute Gasteiger partial charge is 0.303 e. The maximum atomic E-state index is 8.88. The van der Waals surface area contributed by atoms with Crippen molar-refractivity contribution in [1.82, 2.24) is 0 Å². The van der Waals surface area contributed by atoms with Gasteiger partial charge in [-0.25, -0.2) is 4.57 Å². The second-order valence-electron chi connectivity index (χ2n) is 1.97. The summed E-state index contributed by atoms with van der Waals surface area (Å²) >= 11 is 4.87. The molecule has 0 saturated heterocycles. The zero-order chi connectivity index (χ0) is 9.61. The van der Waals surface area contributed by atoms with E-state index in [1.165, 1.54) is 0 Å². The van der Waals surface area contributed by atoms with Crippen molar-refractivity contribution in [2.45, 2.75) is 6.42 Å². The van der Waals surface area contributed by atoms with E-state index in [0.29, 0.717) is 0 Å². The van der Waals surface area contributed by atoms with Gasteiger partial charge in [-0.2, -0.15) is 0 Å². The van der Waals surface area contributed by atoms with E-state index < -0.39 is 7.82 Å². The summed E-state index contributed by atoms with van der Waals surface area (Å²) in [5.41, 5.74) is 0. The molecule has 0 spiro atoms. The Morgan fingerprint density at radius 3 is 2.00 bits per heavy atom. The van der Waals surface area contributed by atoms with E-state index in [9.17, 15) is 0 Å². The van der Waals surface area contributed by atoms with Crippen molar-refractivity contribution in [1.29, 1.82) is 0 Å². The van der Waals surface area contributed by atoms with Gasteiger partial charge in [-0.15, -0.1) is 0 Å². The summed E-state index contributed by atoms with van der Waals surface area (Å²) in [6.07, 6.45) is 8.94. The third-order valence-corrected chi connectivity index (χ3v) is 1.15. The zero-order valence-electron chi connectivity index (χ0n) is 6.12. The lowest BCUT2D eigenvalue weighted by Gasteiger charge is -1.92. The van der Waals surface area contributed by atoms with Crippen molar-refractivity contribution < 1.29 is 19.2 Å². The highest BCUT2D eigenvalue weighted by molar-refractivity contribution is 7.80. The maximum absolute atomic E-state index is 8.88. The van der Waals surface area contributed by atoms with Crippen molar-refractivity contribution in [2.24, 2.45) is 0 Å². The summed E-state index contributed by atoms with van der Waals surface area (Å²) in [5.74, 6) is 0. The van der Waals surface area contributed by atoms with Gasteiger partial charge in [0, 0.05) is 11.3 Å². The van der Waals surface area contributed by atoms with Crippen LogP contribution in [-0.2, 0) is 4.57 Å². The molecule has 68 valence electrons. The first-order valence-corrected chi connectivity index (χ1v) is 5.01. The second-order valence-corrected chi connectivity index (χ2v) is 3.52. The first-order chi connectivity index (χ1) is 5.39. The summed E-state index contributed by atoms with van der Waals surface area (Å²) in [6.45, 7) is 0. The van der Waals surface area contributed by atoms with Gasteiger partial charge in [-0.1, -0.05) is 30.4 Å². The molecule has 0 fully saturated rings. The molecule has 0 bridgehead atoms. The van der Waals surface area contributed by atoms with E-state index in [4.69, 9.17) is 31.5 Å². The average Bonchev–Trinajstić information content (AvgIpc) is 1.85. The van der Waals surface area contributed by atoms with Crippen molar-refractivity contribution in [3.8, 4) is 0 Å². The largest absolute Gasteiger partial charge is 0.466 e. The summed E-state index contributed by atoms with van der Waals surface area (Å²) in [4.78, 5) is 22.6. The molecule has 1 aliphatic carbocycles. The fraction of sp³-hybridized carbons (Fsp3) is 0.167. The minimum Gasteiger partial charge on any atom is -0.303 e. The van der Waals surface area contributed by atoms with Crippen LogP contribution in [0.4, 0.5) is 0 Å². The fourth-order valence-corrected chi connectivity index (χ4v) is 0.668. The van der Waals surface area contributed by atoms with Crippen LogP contribution in [0, 0.1) is 0 Å². The van der Waals surface area contributed by atoms with Gasteiger partial charge >= 0.3 is 7.82 Å². The van der Waals surface area contributed by atoms with Crippen molar-refractivity contribution in [2.75, 3.05) is 0 Å². The molecule has 0 aromatic carbocycles. The van der Waals surface area contributed by atoms with Crippen LogP contribution in [0.25, 0.3) is 0 Å². The molecule has 0 atom stereocenters. The minimum atomic E-state index is -4.64. The summed E-state index contributed by atoms with van der Waals surface area (Å²) in [7, 11) is -4.64. The van der Waals surface area contributed by atoms with Crippen molar-refractivity contribution >= 4 is 24.9 Å². The van der Waals surface area contributed by atoms with E-state index in [1.54, 1.807) is 0 Å². The van der Waals surface area contributed by atoms with Gasteiger partial charge in [0.05, 0.1) is 0 Å². The van der Waals surface area contributed by atoms with Crippen LogP contribution < -0.4 is 0 Å². The third kappa shape index (κ3) is 12.4. The minimum absolute atomic E-state index is 0.950. The summed E-state index contributed by atoms with van der Waals surface area (Å²) in [6, 6.07) is 0. The molecular weight excluding hydrogens is 199 g/mol. The van der Waals surface area contributed by atoms with Gasteiger partial charge in [0.15, 0.2) is 0 Å². The molecule has 3 N–H and O–H groups in total. The molecule has 0 radical (unpaired) electrons. The Morgan fingerprint density at radius 1 is 1.33 bits per heavy atom. The Kier molecular flexibility index (Phi) is 5.20. The average molecular weight is 208 g/mol. The van der Waals surface area contributed by atoms with E-state index in [1.807, 2.05) is 18.2 Å². The monoisotopic (exact) mass is 208 g/mol. The van der Waals surface area contributed by atoms with Gasteiger partial charge in [-0.05, 0) is 6.08 Å². The molecule has 0 unspecified atom stereocenters. The Labute approximate surface area is 75.5 Å². The molecular formula is C6H9O4PS. The number of thiocarbonyl (C=S) groups is 1. The topological polar surface area (TPSA) is 77.8 Å². The molecule has 0 aromatic heterocycles. The number of hydrogen-bond acceptors (Lipinski definition) is 2. The van der Waals surface area contributed by atoms with Crippen molar-refractivity contribution in [3.05, 3.63) is 24.3 Å². The van der Waals surface area contributed by atoms with Gasteiger partial charge in [0.2, 0.25) is 0 Å². The van der Waals surface area contributed by atoms with Crippen LogP contribution in [0.3, 0.4) is 0 Å². The SMILES string of the molecule is O=P(O)(O)O.S=C1C=CC=CC1. The second kappa shape index (κ2) is 5.35. The maximum Gasteiger partial charge on any atom is 0.466 e. The fourth-order valence-electron chi connectivity index (χ4n) is 0.494. The third-order valence-electron chi connectivity index (χ3n) is 0.848. The van der Waals surface area contributed by atoms with E-state index in [2.05, 4.69) is 6.08 Å². The Balaban J connectivity index is 0.000000217. The van der Waals surface area contributed by atoms with Crippen molar-refractivity contribution in [3.63, 3.8) is 0 Å². The number of rotatable bonds is 0. The van der Waals surface area contributed by atoms with Gasteiger partial charge in [0.1, 0.15) is 0 Å². The summed E-state index contributed by atoms with van der Waals surface area (Å²) in [5, 5.41) is 0. The number of allylic oxidation sites excluding steroid dienone is 4. The normalized spacial score (nSPS) is 15.4. The molecule has 0 saturated carbocycles. The Bertz CT molecular complexity index is 244. The lowest BCUT2D eigenvalue weighted by Crippen LogP contribution is -1.86. The molecule has 6 heteroatoms. The molecule has 0 amide bonds. The first kappa shape index (κ1) is 11.7. The van der Waals surface area contributed by atoms with Gasteiger partial charge in [-0.3, -0.25) is 0 Å². The lowest BCUT2D eigenvalue weighted by atomic mass is 10.2. The highest BCUT2D eigenvalue weighted by Crippen LogP contribution is 2.25. The Morgan fingerprint density at radius 2 is 1.83 bits per heavy atom.